The number of hydrogen-bond donors (Lipinski definition) is 0. The van der Waals surface area contributed by atoms with Gasteiger partial charge in [0.05, 0.1) is 18.0 Å². The number of para-hydroxylation sites is 4. The van der Waals surface area contributed by atoms with E-state index in [4.69, 9.17) is 11.3 Å². The van der Waals surface area contributed by atoms with Gasteiger partial charge in [-0.25, -0.2) is 0 Å². The normalized spacial score (nSPS) is 15.4. The van der Waals surface area contributed by atoms with Gasteiger partial charge in [-0.05, 0) is 123 Å². The summed E-state index contributed by atoms with van der Waals surface area (Å²) in [6.45, 7) is 0. The Hall–Kier alpha value is -8.40. The molecule has 1 atom stereocenters. The van der Waals surface area contributed by atoms with Gasteiger partial charge < -0.3 is 14.2 Å². The van der Waals surface area contributed by atoms with Gasteiger partial charge in [0.1, 0.15) is 11.2 Å². The Morgan fingerprint density at radius 3 is 1.48 bits per heavy atom. The van der Waals surface area contributed by atoms with E-state index in [1.807, 2.05) is 60.7 Å². The van der Waals surface area contributed by atoms with Crippen LogP contribution in [0.2, 0.25) is 0 Å². The summed E-state index contributed by atoms with van der Waals surface area (Å²) in [5.74, 6) is 0. The highest BCUT2D eigenvalue weighted by Gasteiger charge is 2.52. The smallest absolute Gasteiger partial charge is 0.137 e. The molecule has 1 aromatic heterocycles. The molecule has 1 unspecified atom stereocenters. The minimum Gasteiger partial charge on any atom is -0.456 e. The van der Waals surface area contributed by atoms with Crippen LogP contribution < -0.4 is 9.80 Å². The fraction of sp³-hybridized carbons (Fsp3) is 0.0164. The fourth-order valence-electron chi connectivity index (χ4n) is 10.5. The lowest BCUT2D eigenvalue weighted by Gasteiger charge is -2.33. The molecule has 3 heteroatoms. The van der Waals surface area contributed by atoms with Crippen molar-refractivity contribution in [2.45, 2.75) is 5.41 Å². The number of furan rings is 1. The van der Waals surface area contributed by atoms with Crippen LogP contribution in [0.3, 0.4) is 0 Å². The second-order valence-corrected chi connectivity index (χ2v) is 16.4. The van der Waals surface area contributed by atoms with Crippen molar-refractivity contribution in [3.63, 3.8) is 0 Å². The van der Waals surface area contributed by atoms with E-state index >= 15 is 0 Å². The highest BCUT2D eigenvalue weighted by Crippen LogP contribution is 2.64. The molecule has 13 rings (SSSR count). The summed E-state index contributed by atoms with van der Waals surface area (Å²) in [7, 11) is 0. The molecule has 0 fully saturated rings. The molecule has 11 aromatic rings. The minimum absolute atomic E-state index is 0.129. The second-order valence-electron chi connectivity index (χ2n) is 16.4. The van der Waals surface area contributed by atoms with Crippen LogP contribution in [0.4, 0.5) is 34.1 Å². The van der Waals surface area contributed by atoms with E-state index in [0.717, 1.165) is 61.5 Å². The van der Waals surface area contributed by atoms with Gasteiger partial charge in [-0.1, -0.05) is 164 Å². The Bertz CT molecular complexity index is 3810. The van der Waals surface area contributed by atoms with Crippen molar-refractivity contribution in [2.75, 3.05) is 9.80 Å². The van der Waals surface area contributed by atoms with Crippen LogP contribution in [0.15, 0.2) is 247 Å². The average Bonchev–Trinajstić information content (AvgIpc) is 4.02. The summed E-state index contributed by atoms with van der Waals surface area (Å²) in [6, 6.07) is 72.2. The molecule has 2 aliphatic rings. The van der Waals surface area contributed by atoms with Crippen molar-refractivity contribution in [3.05, 3.63) is 265 Å². The molecular formula is C61H40N2O. The first-order valence-electron chi connectivity index (χ1n) is 24.1. The Morgan fingerprint density at radius 1 is 0.344 bits per heavy atom. The topological polar surface area (TPSA) is 19.6 Å². The van der Waals surface area contributed by atoms with Crippen LogP contribution in [0.1, 0.15) is 29.1 Å². The molecule has 0 aliphatic heterocycles. The summed E-state index contributed by atoms with van der Waals surface area (Å²) < 4.78 is 50.7. The molecule has 3 nitrogen and oxygen atoms in total. The molecule has 0 radical (unpaired) electrons. The summed E-state index contributed by atoms with van der Waals surface area (Å²) >= 11 is 0. The third-order valence-corrected chi connectivity index (χ3v) is 13.1. The number of anilines is 6. The molecule has 0 amide bonds. The molecule has 0 bridgehead atoms. The zero-order chi connectivity index (χ0) is 46.5. The van der Waals surface area contributed by atoms with Crippen LogP contribution in [0.5, 0.6) is 0 Å². The SMILES string of the molecule is [2H]c1c([2H])c([2H])c(-c2ccccc2N(c2ccc3c(c2)C2(c4ccccc4-c4ccc(N(c5ccccc5)c5ccccc5)cc42)c2ccccc2-3)c2ccc3c(c2)oc2ccccc23)c([2H])c1[2H]. The van der Waals surface area contributed by atoms with Gasteiger partial charge in [-0.3, -0.25) is 0 Å². The molecule has 0 N–H and O–H groups in total. The van der Waals surface area contributed by atoms with E-state index in [9.17, 15) is 0 Å². The number of hydrogen-bond acceptors (Lipinski definition) is 3. The highest BCUT2D eigenvalue weighted by atomic mass is 16.3. The molecule has 0 saturated heterocycles. The van der Waals surface area contributed by atoms with Crippen molar-refractivity contribution in [1.29, 1.82) is 0 Å². The van der Waals surface area contributed by atoms with E-state index in [2.05, 4.69) is 161 Å². The first-order chi connectivity index (χ1) is 33.8. The van der Waals surface area contributed by atoms with E-state index in [-0.39, 0.29) is 29.7 Å². The van der Waals surface area contributed by atoms with Crippen molar-refractivity contribution < 1.29 is 11.3 Å². The maximum atomic E-state index is 9.16. The number of fused-ring (bicyclic) bond motifs is 13. The standard InChI is InChI=1S/C61H40N2O/c1-4-18-41(19-5-1)47-24-12-16-30-58(47)63(46-34-37-53-52-27-13-17-31-59(52)64-60(53)40-46)45-33-36-51-49-26-11-15-29-55(49)61(57(51)39-45)54-28-14-10-25-48(54)50-35-32-44(38-56(50)61)62(42-20-6-2-7-21-42)43-22-8-3-9-23-43/h1-40H/i1D,4D,5D,18D,19D. The van der Waals surface area contributed by atoms with Crippen LogP contribution >= 0.6 is 0 Å². The quantitative estimate of drug-likeness (QED) is 0.160. The van der Waals surface area contributed by atoms with Crippen molar-refractivity contribution >= 4 is 56.1 Å². The van der Waals surface area contributed by atoms with E-state index in [1.165, 1.54) is 27.8 Å². The zero-order valence-corrected chi connectivity index (χ0v) is 34.5. The van der Waals surface area contributed by atoms with Gasteiger partial charge in [0.2, 0.25) is 0 Å². The second kappa shape index (κ2) is 14.3. The molecule has 1 heterocycles. The van der Waals surface area contributed by atoms with E-state index in [1.54, 1.807) is 0 Å². The van der Waals surface area contributed by atoms with Crippen LogP contribution in [-0.2, 0) is 5.41 Å². The number of rotatable bonds is 7. The summed E-state index contributed by atoms with van der Waals surface area (Å²) in [4.78, 5) is 4.46. The maximum Gasteiger partial charge on any atom is 0.137 e. The maximum absolute atomic E-state index is 9.16. The minimum atomic E-state index is -0.732. The van der Waals surface area contributed by atoms with Gasteiger partial charge in [0, 0.05) is 50.8 Å². The summed E-state index contributed by atoms with van der Waals surface area (Å²) in [5.41, 5.74) is 16.1. The molecule has 10 aromatic carbocycles. The van der Waals surface area contributed by atoms with Gasteiger partial charge in [0.15, 0.2) is 0 Å². The molecule has 0 saturated carbocycles. The van der Waals surface area contributed by atoms with E-state index < -0.39 is 11.5 Å². The lowest BCUT2D eigenvalue weighted by Crippen LogP contribution is -2.26. The van der Waals surface area contributed by atoms with Crippen LogP contribution in [-0.4, -0.2) is 0 Å². The largest absolute Gasteiger partial charge is 0.456 e. The van der Waals surface area contributed by atoms with Gasteiger partial charge in [-0.15, -0.1) is 0 Å². The average molecular weight is 822 g/mol. The number of benzene rings is 10. The van der Waals surface area contributed by atoms with Gasteiger partial charge >= 0.3 is 0 Å². The predicted octanol–water partition coefficient (Wildman–Crippen LogP) is 16.5. The summed E-state index contributed by atoms with van der Waals surface area (Å²) in [5, 5.41) is 1.99. The molecule has 64 heavy (non-hydrogen) atoms. The van der Waals surface area contributed by atoms with E-state index in [0.29, 0.717) is 16.8 Å². The molecule has 300 valence electrons. The lowest BCUT2D eigenvalue weighted by atomic mass is 9.70. The Kier molecular flexibility index (Phi) is 7.04. The fourth-order valence-corrected chi connectivity index (χ4v) is 10.5. The zero-order valence-electron chi connectivity index (χ0n) is 39.5. The third kappa shape index (κ3) is 5.34. The molecular weight excluding hydrogens is 777 g/mol. The predicted molar refractivity (Wildman–Crippen MR) is 265 cm³/mol. The summed E-state index contributed by atoms with van der Waals surface area (Å²) in [6.07, 6.45) is 0. The Balaban J connectivity index is 1.09. The highest BCUT2D eigenvalue weighted by molar-refractivity contribution is 6.06. The van der Waals surface area contributed by atoms with Crippen LogP contribution in [0, 0.1) is 0 Å². The lowest BCUT2D eigenvalue weighted by molar-refractivity contribution is 0.669. The van der Waals surface area contributed by atoms with Gasteiger partial charge in [0.25, 0.3) is 0 Å². The van der Waals surface area contributed by atoms with Crippen LogP contribution in [0.25, 0.3) is 55.3 Å². The molecule has 1 spiro atoms. The third-order valence-electron chi connectivity index (χ3n) is 13.1. The Labute approximate surface area is 379 Å². The van der Waals surface area contributed by atoms with Crippen molar-refractivity contribution in [3.8, 4) is 33.4 Å². The monoisotopic (exact) mass is 821 g/mol. The van der Waals surface area contributed by atoms with Crippen molar-refractivity contribution in [1.82, 2.24) is 0 Å². The number of nitrogens with zero attached hydrogens (tertiary/aromatic N) is 2. The first-order valence-corrected chi connectivity index (χ1v) is 21.6. The van der Waals surface area contributed by atoms with Gasteiger partial charge in [-0.2, -0.15) is 0 Å². The van der Waals surface area contributed by atoms with Crippen molar-refractivity contribution in [2.24, 2.45) is 0 Å². The Morgan fingerprint density at radius 2 is 0.828 bits per heavy atom. The molecule has 2 aliphatic carbocycles. The first kappa shape index (κ1) is 31.4.